The Labute approximate surface area is 260 Å². The van der Waals surface area contributed by atoms with Gasteiger partial charge in [0.15, 0.2) is 0 Å². The second kappa shape index (κ2) is 39.2. The fraction of sp³-hybridized carbons (Fsp3) is 0.850. The van der Waals surface area contributed by atoms with Crippen LogP contribution in [0.2, 0.25) is 0 Å². The number of hydrogen-bond donors (Lipinski definition) is 0. The average molecular weight is 573 g/mol. The van der Waals surface area contributed by atoms with Gasteiger partial charge in [0, 0.05) is 13.2 Å². The van der Waals surface area contributed by atoms with Crippen LogP contribution in [0.3, 0.4) is 0 Å². The highest BCUT2D eigenvalue weighted by atomic mass is 16.5. The van der Waals surface area contributed by atoms with E-state index in [2.05, 4.69) is 31.4 Å². The molecule has 0 heterocycles. The summed E-state index contributed by atoms with van der Waals surface area (Å²) in [5.41, 5.74) is 0. The summed E-state index contributed by atoms with van der Waals surface area (Å²) in [7, 11) is 0. The van der Waals surface area contributed by atoms with Gasteiger partial charge >= 0.3 is 0 Å². The van der Waals surface area contributed by atoms with Crippen LogP contribution in [0, 0.1) is 0 Å². The maximum Gasteiger partial charge on any atom is 0.0466 e. The van der Waals surface area contributed by atoms with Gasteiger partial charge in [-0.3, -0.25) is 0 Å². The predicted molar refractivity (Wildman–Crippen MR) is 188 cm³/mol. The molecular formula is C40H76O. The highest BCUT2D eigenvalue weighted by Gasteiger charge is 1.96. The van der Waals surface area contributed by atoms with Gasteiger partial charge in [-0.15, -0.1) is 13.2 Å². The van der Waals surface area contributed by atoms with Crippen molar-refractivity contribution >= 4 is 0 Å². The van der Waals surface area contributed by atoms with Crippen LogP contribution in [0.1, 0.15) is 205 Å². The van der Waals surface area contributed by atoms with Crippen LogP contribution in [0.25, 0.3) is 0 Å². The van der Waals surface area contributed by atoms with Crippen molar-refractivity contribution in [1.29, 1.82) is 0 Å². The Morgan fingerprint density at radius 1 is 0.268 bits per heavy atom. The van der Waals surface area contributed by atoms with Crippen LogP contribution in [0.5, 0.6) is 0 Å². The first-order valence-corrected chi connectivity index (χ1v) is 18.9. The minimum atomic E-state index is 0.974. The highest BCUT2D eigenvalue weighted by molar-refractivity contribution is 4.81. The van der Waals surface area contributed by atoms with Gasteiger partial charge in [0.25, 0.3) is 0 Å². The molecule has 0 aliphatic heterocycles. The summed E-state index contributed by atoms with van der Waals surface area (Å²) in [4.78, 5) is 0. The van der Waals surface area contributed by atoms with E-state index >= 15 is 0 Å². The molecule has 0 aromatic heterocycles. The van der Waals surface area contributed by atoms with Crippen molar-refractivity contribution in [3.8, 4) is 0 Å². The van der Waals surface area contributed by atoms with Gasteiger partial charge in [0.2, 0.25) is 0 Å². The topological polar surface area (TPSA) is 9.23 Å². The van der Waals surface area contributed by atoms with E-state index in [4.69, 9.17) is 4.74 Å². The van der Waals surface area contributed by atoms with Crippen LogP contribution < -0.4 is 0 Å². The van der Waals surface area contributed by atoms with Crippen molar-refractivity contribution in [3.63, 3.8) is 0 Å². The van der Waals surface area contributed by atoms with E-state index in [1.807, 2.05) is 6.08 Å². The second-order valence-corrected chi connectivity index (χ2v) is 12.7. The molecule has 0 saturated carbocycles. The Kier molecular flexibility index (Phi) is 38.4. The number of hydrogen-bond acceptors (Lipinski definition) is 1. The third-order valence-corrected chi connectivity index (χ3v) is 8.55. The molecule has 0 rings (SSSR count). The van der Waals surface area contributed by atoms with Crippen molar-refractivity contribution < 1.29 is 4.74 Å². The van der Waals surface area contributed by atoms with Crippen molar-refractivity contribution in [2.45, 2.75) is 205 Å². The minimum Gasteiger partial charge on any atom is -0.381 e. The summed E-state index contributed by atoms with van der Waals surface area (Å²) in [5, 5.41) is 0. The van der Waals surface area contributed by atoms with Crippen molar-refractivity contribution in [3.05, 3.63) is 37.5 Å². The zero-order valence-corrected chi connectivity index (χ0v) is 28.2. The van der Waals surface area contributed by atoms with Crippen LogP contribution in [-0.4, -0.2) is 13.2 Å². The predicted octanol–water partition coefficient (Wildman–Crippen LogP) is 14.4. The van der Waals surface area contributed by atoms with Gasteiger partial charge in [0.1, 0.15) is 0 Å². The Hall–Kier alpha value is -0.820. The molecule has 1 heteroatoms. The SMILES string of the molecule is C=CCCCCCCCCCCCCCCCCC=CCCCCCCCCCOCCCCCCCCCC=C. The Morgan fingerprint density at radius 3 is 0.756 bits per heavy atom. The molecule has 0 aliphatic rings. The van der Waals surface area contributed by atoms with Crippen molar-refractivity contribution in [1.82, 2.24) is 0 Å². The summed E-state index contributed by atoms with van der Waals surface area (Å²) in [6.45, 7) is 9.54. The number of ether oxygens (including phenoxy) is 1. The lowest BCUT2D eigenvalue weighted by Gasteiger charge is -2.05. The quantitative estimate of drug-likeness (QED) is 0.0531. The van der Waals surface area contributed by atoms with E-state index in [0.717, 1.165) is 13.2 Å². The van der Waals surface area contributed by atoms with Gasteiger partial charge in [0.05, 0.1) is 0 Å². The second-order valence-electron chi connectivity index (χ2n) is 12.7. The van der Waals surface area contributed by atoms with E-state index in [1.54, 1.807) is 0 Å². The zero-order valence-electron chi connectivity index (χ0n) is 28.2. The summed E-state index contributed by atoms with van der Waals surface area (Å²) in [5.74, 6) is 0. The summed E-state index contributed by atoms with van der Waals surface area (Å²) in [6.07, 6.45) is 53.1. The lowest BCUT2D eigenvalue weighted by atomic mass is 10.0. The molecule has 0 spiro atoms. The fourth-order valence-electron chi connectivity index (χ4n) is 5.74. The molecular weight excluding hydrogens is 496 g/mol. The molecule has 0 aromatic carbocycles. The molecule has 0 unspecified atom stereocenters. The smallest absolute Gasteiger partial charge is 0.0466 e. The standard InChI is InChI=1S/C40H76O/c1-3-5-7-9-11-13-14-15-16-17-18-19-20-21-22-23-24-25-26-27-28-29-30-32-34-36-38-40-41-39-37-35-33-31-12-10-8-6-4-2/h3-4,25-26H,1-2,5-24,27-40H2. The molecule has 0 aromatic rings. The largest absolute Gasteiger partial charge is 0.381 e. The number of unbranched alkanes of at least 4 members (excludes halogenated alkanes) is 29. The lowest BCUT2D eigenvalue weighted by Crippen LogP contribution is -1.97. The molecule has 41 heavy (non-hydrogen) atoms. The minimum absolute atomic E-state index is 0.974. The van der Waals surface area contributed by atoms with Crippen LogP contribution >= 0.6 is 0 Å². The van der Waals surface area contributed by atoms with E-state index < -0.39 is 0 Å². The molecule has 0 aliphatic carbocycles. The first-order valence-electron chi connectivity index (χ1n) is 18.9. The third-order valence-electron chi connectivity index (χ3n) is 8.55. The Morgan fingerprint density at radius 2 is 0.488 bits per heavy atom. The Bertz CT molecular complexity index is 507. The molecule has 0 fully saturated rings. The van der Waals surface area contributed by atoms with Crippen LogP contribution in [0.4, 0.5) is 0 Å². The average Bonchev–Trinajstić information content (AvgIpc) is 2.98. The first kappa shape index (κ1) is 40.2. The summed E-state index contributed by atoms with van der Waals surface area (Å²) in [6, 6.07) is 0. The molecule has 0 amide bonds. The van der Waals surface area contributed by atoms with Gasteiger partial charge in [-0.2, -0.15) is 0 Å². The van der Waals surface area contributed by atoms with Gasteiger partial charge < -0.3 is 4.74 Å². The molecule has 0 radical (unpaired) electrons. The first-order chi connectivity index (χ1) is 20.4. The molecule has 242 valence electrons. The van der Waals surface area contributed by atoms with E-state index in [1.165, 1.54) is 205 Å². The number of allylic oxidation sites excluding steroid dienone is 4. The van der Waals surface area contributed by atoms with E-state index in [9.17, 15) is 0 Å². The highest BCUT2D eigenvalue weighted by Crippen LogP contribution is 2.15. The van der Waals surface area contributed by atoms with E-state index in [-0.39, 0.29) is 0 Å². The molecule has 0 atom stereocenters. The molecule has 0 bridgehead atoms. The van der Waals surface area contributed by atoms with Gasteiger partial charge in [-0.1, -0.05) is 166 Å². The Balaban J connectivity index is 3.09. The monoisotopic (exact) mass is 573 g/mol. The van der Waals surface area contributed by atoms with Gasteiger partial charge in [-0.05, 0) is 64.2 Å². The maximum absolute atomic E-state index is 5.83. The number of rotatable bonds is 37. The normalized spacial score (nSPS) is 11.5. The van der Waals surface area contributed by atoms with Crippen molar-refractivity contribution in [2.24, 2.45) is 0 Å². The van der Waals surface area contributed by atoms with Gasteiger partial charge in [-0.25, -0.2) is 0 Å². The van der Waals surface area contributed by atoms with E-state index in [0.29, 0.717) is 0 Å². The summed E-state index contributed by atoms with van der Waals surface area (Å²) < 4.78 is 5.83. The fourth-order valence-corrected chi connectivity index (χ4v) is 5.74. The van der Waals surface area contributed by atoms with Crippen molar-refractivity contribution in [2.75, 3.05) is 13.2 Å². The van der Waals surface area contributed by atoms with Crippen LogP contribution in [-0.2, 0) is 4.74 Å². The molecule has 1 nitrogen and oxygen atoms in total. The zero-order chi connectivity index (χ0) is 29.6. The van der Waals surface area contributed by atoms with Crippen LogP contribution in [0.15, 0.2) is 37.5 Å². The molecule has 0 saturated heterocycles. The molecule has 0 N–H and O–H groups in total. The maximum atomic E-state index is 5.83. The lowest BCUT2D eigenvalue weighted by molar-refractivity contribution is 0.125. The summed E-state index contributed by atoms with van der Waals surface area (Å²) >= 11 is 0. The third kappa shape index (κ3) is 39.2.